The Kier molecular flexibility index (Phi) is 5.64. The number of aliphatic carboxylic acids is 1. The molecular weight excluding hydrogens is 406 g/mol. The highest BCUT2D eigenvalue weighted by atomic mass is 19.1. The molecule has 0 aliphatic heterocycles. The fraction of sp³-hybridized carbons (Fsp3) is 0.130. The van der Waals surface area contributed by atoms with Crippen LogP contribution in [0, 0.1) is 11.6 Å². The van der Waals surface area contributed by atoms with Gasteiger partial charge in [-0.25, -0.2) is 8.78 Å². The maximum absolute atomic E-state index is 15.1. The zero-order valence-electron chi connectivity index (χ0n) is 16.3. The summed E-state index contributed by atoms with van der Waals surface area (Å²) in [4.78, 5) is 15.0. The standard InChI is InChI=1S/C23H18F2N2O4/c24-21-14(12-31-19-4-2-1-3-13(19)10-20(28)29)9-17(23-16(21)6-8-30-23)15-5-7-27-18(11-26)22(15)25/h1-9H,10-12,26H2,(H,28,29). The molecule has 0 aliphatic carbocycles. The van der Waals surface area contributed by atoms with E-state index in [2.05, 4.69) is 4.98 Å². The molecule has 4 rings (SSSR count). The average molecular weight is 424 g/mol. The molecule has 2 aromatic heterocycles. The molecule has 0 spiro atoms. The Morgan fingerprint density at radius 2 is 1.90 bits per heavy atom. The summed E-state index contributed by atoms with van der Waals surface area (Å²) < 4.78 is 41.1. The molecule has 4 aromatic rings. The number of hydrogen-bond donors (Lipinski definition) is 2. The minimum atomic E-state index is -1.01. The summed E-state index contributed by atoms with van der Waals surface area (Å²) in [5, 5.41) is 9.25. The first-order chi connectivity index (χ1) is 15.0. The van der Waals surface area contributed by atoms with E-state index in [-0.39, 0.29) is 47.4 Å². The zero-order chi connectivity index (χ0) is 22.0. The van der Waals surface area contributed by atoms with Crippen molar-refractivity contribution in [1.82, 2.24) is 4.98 Å². The van der Waals surface area contributed by atoms with E-state index < -0.39 is 17.6 Å². The van der Waals surface area contributed by atoms with Crippen LogP contribution in [-0.4, -0.2) is 16.1 Å². The molecular formula is C23H18F2N2O4. The van der Waals surface area contributed by atoms with Gasteiger partial charge in [0, 0.05) is 35.0 Å². The van der Waals surface area contributed by atoms with Gasteiger partial charge in [-0.2, -0.15) is 0 Å². The number of carboxylic acids is 1. The van der Waals surface area contributed by atoms with Crippen molar-refractivity contribution < 1.29 is 27.8 Å². The minimum Gasteiger partial charge on any atom is -0.488 e. The van der Waals surface area contributed by atoms with E-state index in [0.29, 0.717) is 16.9 Å². The van der Waals surface area contributed by atoms with Gasteiger partial charge in [-0.05, 0) is 24.3 Å². The number of carbonyl (C=O) groups is 1. The second-order valence-corrected chi connectivity index (χ2v) is 6.85. The van der Waals surface area contributed by atoms with Crippen molar-refractivity contribution in [2.45, 2.75) is 19.6 Å². The largest absolute Gasteiger partial charge is 0.488 e. The molecule has 3 N–H and O–H groups in total. The summed E-state index contributed by atoms with van der Waals surface area (Å²) in [7, 11) is 0. The number of ether oxygens (including phenoxy) is 1. The number of furan rings is 1. The average Bonchev–Trinajstić information content (AvgIpc) is 3.25. The first-order valence-corrected chi connectivity index (χ1v) is 9.44. The van der Waals surface area contributed by atoms with Gasteiger partial charge in [0.2, 0.25) is 0 Å². The lowest BCUT2D eigenvalue weighted by Gasteiger charge is -2.13. The molecule has 2 aromatic carbocycles. The molecule has 0 fully saturated rings. The lowest BCUT2D eigenvalue weighted by atomic mass is 9.99. The minimum absolute atomic E-state index is 0.0848. The van der Waals surface area contributed by atoms with E-state index in [1.807, 2.05) is 0 Å². The number of halogens is 2. The SMILES string of the molecule is NCc1nccc(-c2cc(COc3ccccc3CC(=O)O)c(F)c3ccoc23)c1F. The number of nitrogens with zero attached hydrogens (tertiary/aromatic N) is 1. The van der Waals surface area contributed by atoms with Gasteiger partial charge in [0.25, 0.3) is 0 Å². The molecule has 0 amide bonds. The molecule has 8 heteroatoms. The number of para-hydroxylation sites is 1. The predicted molar refractivity (Wildman–Crippen MR) is 109 cm³/mol. The monoisotopic (exact) mass is 424 g/mol. The van der Waals surface area contributed by atoms with Crippen molar-refractivity contribution in [3.8, 4) is 16.9 Å². The summed E-state index contributed by atoms with van der Waals surface area (Å²) in [5.74, 6) is -1.84. The highest BCUT2D eigenvalue weighted by Gasteiger charge is 2.20. The first kappa shape index (κ1) is 20.5. The summed E-state index contributed by atoms with van der Waals surface area (Å²) in [6, 6.07) is 11.0. The van der Waals surface area contributed by atoms with E-state index >= 15 is 4.39 Å². The van der Waals surface area contributed by atoms with Gasteiger partial charge in [-0.3, -0.25) is 9.78 Å². The van der Waals surface area contributed by atoms with Crippen LogP contribution in [-0.2, 0) is 24.4 Å². The predicted octanol–water partition coefficient (Wildman–Crippen LogP) is 4.44. The topological polar surface area (TPSA) is 98.6 Å². The summed E-state index contributed by atoms with van der Waals surface area (Å²) in [6.07, 6.45) is 2.53. The maximum atomic E-state index is 15.1. The van der Waals surface area contributed by atoms with Gasteiger partial charge in [-0.1, -0.05) is 18.2 Å². The molecule has 0 unspecified atom stereocenters. The Morgan fingerprint density at radius 1 is 1.10 bits per heavy atom. The van der Waals surface area contributed by atoms with E-state index in [4.69, 9.17) is 20.0 Å². The van der Waals surface area contributed by atoms with E-state index in [0.717, 1.165) is 0 Å². The molecule has 6 nitrogen and oxygen atoms in total. The molecule has 0 atom stereocenters. The second-order valence-electron chi connectivity index (χ2n) is 6.85. The molecule has 0 radical (unpaired) electrons. The lowest BCUT2D eigenvalue weighted by Crippen LogP contribution is -2.06. The number of pyridine rings is 1. The van der Waals surface area contributed by atoms with Gasteiger partial charge in [0.1, 0.15) is 23.8 Å². The van der Waals surface area contributed by atoms with Gasteiger partial charge >= 0.3 is 5.97 Å². The number of rotatable bonds is 7. The third-order valence-corrected chi connectivity index (χ3v) is 4.89. The number of aromatic nitrogens is 1. The van der Waals surface area contributed by atoms with Crippen molar-refractivity contribution in [3.63, 3.8) is 0 Å². The number of benzene rings is 2. The molecule has 0 aliphatic rings. The second kappa shape index (κ2) is 8.53. The van der Waals surface area contributed by atoms with Gasteiger partial charge in [-0.15, -0.1) is 0 Å². The van der Waals surface area contributed by atoms with Crippen LogP contribution in [0.5, 0.6) is 5.75 Å². The van der Waals surface area contributed by atoms with Crippen LogP contribution in [0.2, 0.25) is 0 Å². The Morgan fingerprint density at radius 3 is 2.68 bits per heavy atom. The van der Waals surface area contributed by atoms with Crippen LogP contribution in [0.15, 0.2) is 59.3 Å². The van der Waals surface area contributed by atoms with Gasteiger partial charge in [0.15, 0.2) is 5.82 Å². The van der Waals surface area contributed by atoms with Crippen molar-refractivity contribution in [2.75, 3.05) is 0 Å². The van der Waals surface area contributed by atoms with E-state index in [1.54, 1.807) is 24.3 Å². The third-order valence-electron chi connectivity index (χ3n) is 4.89. The fourth-order valence-electron chi connectivity index (χ4n) is 3.42. The normalized spacial score (nSPS) is 11.1. The van der Waals surface area contributed by atoms with Crippen LogP contribution in [0.1, 0.15) is 16.8 Å². The summed E-state index contributed by atoms with van der Waals surface area (Å²) in [6.45, 7) is -0.272. The van der Waals surface area contributed by atoms with Gasteiger partial charge in [0.05, 0.1) is 23.8 Å². The lowest BCUT2D eigenvalue weighted by molar-refractivity contribution is -0.136. The molecule has 2 heterocycles. The molecule has 0 saturated carbocycles. The fourth-order valence-corrected chi connectivity index (χ4v) is 3.42. The highest BCUT2D eigenvalue weighted by Crippen LogP contribution is 2.35. The summed E-state index contributed by atoms with van der Waals surface area (Å²) in [5.41, 5.74) is 6.99. The maximum Gasteiger partial charge on any atom is 0.307 e. The van der Waals surface area contributed by atoms with Crippen molar-refractivity contribution in [2.24, 2.45) is 5.73 Å². The Labute approximate surface area is 175 Å². The summed E-state index contributed by atoms with van der Waals surface area (Å²) >= 11 is 0. The quantitative estimate of drug-likeness (QED) is 0.455. The number of fused-ring (bicyclic) bond motifs is 1. The van der Waals surface area contributed by atoms with E-state index in [9.17, 15) is 9.18 Å². The van der Waals surface area contributed by atoms with Crippen LogP contribution >= 0.6 is 0 Å². The molecule has 0 saturated heterocycles. The van der Waals surface area contributed by atoms with Crippen LogP contribution < -0.4 is 10.5 Å². The van der Waals surface area contributed by atoms with Crippen molar-refractivity contribution in [1.29, 1.82) is 0 Å². The van der Waals surface area contributed by atoms with Crippen molar-refractivity contribution in [3.05, 3.63) is 83.4 Å². The van der Waals surface area contributed by atoms with Crippen LogP contribution in [0.25, 0.3) is 22.1 Å². The zero-order valence-corrected chi connectivity index (χ0v) is 16.3. The van der Waals surface area contributed by atoms with Crippen LogP contribution in [0.3, 0.4) is 0 Å². The van der Waals surface area contributed by atoms with E-state index in [1.165, 1.54) is 30.7 Å². The number of nitrogens with two attached hydrogens (primary N) is 1. The van der Waals surface area contributed by atoms with Crippen molar-refractivity contribution >= 4 is 16.9 Å². The number of carboxylic acid groups (broad SMARTS) is 1. The Balaban J connectivity index is 1.76. The van der Waals surface area contributed by atoms with Crippen LogP contribution in [0.4, 0.5) is 8.78 Å². The molecule has 158 valence electrons. The Bertz CT molecular complexity index is 1270. The number of hydrogen-bond acceptors (Lipinski definition) is 5. The Hall–Kier alpha value is -3.78. The molecule has 31 heavy (non-hydrogen) atoms. The smallest absolute Gasteiger partial charge is 0.307 e. The third kappa shape index (κ3) is 3.97. The first-order valence-electron chi connectivity index (χ1n) is 9.44. The van der Waals surface area contributed by atoms with Gasteiger partial charge < -0.3 is 20.0 Å². The molecule has 0 bridgehead atoms. The highest BCUT2D eigenvalue weighted by molar-refractivity contribution is 5.93.